The molecule has 0 spiro atoms. The van der Waals surface area contributed by atoms with Crippen molar-refractivity contribution in [1.82, 2.24) is 0 Å². The molecule has 0 atom stereocenters. The fourth-order valence-electron chi connectivity index (χ4n) is 1.95. The van der Waals surface area contributed by atoms with E-state index in [1.165, 1.54) is 6.07 Å². The number of ether oxygens (including phenoxy) is 1. The average Bonchev–Trinajstić information content (AvgIpc) is 2.39. The molecule has 0 radical (unpaired) electrons. The average molecular weight is 260 g/mol. The zero-order chi connectivity index (χ0) is 13.8. The van der Waals surface area contributed by atoms with Gasteiger partial charge in [-0.05, 0) is 43.3 Å². The maximum atomic E-state index is 13.8. The van der Waals surface area contributed by atoms with Crippen LogP contribution in [0, 0.1) is 5.82 Å². The lowest BCUT2D eigenvalue weighted by molar-refractivity contribution is 0.340. The van der Waals surface area contributed by atoms with Crippen molar-refractivity contribution in [2.75, 3.05) is 24.3 Å². The number of hydrogen-bond acceptors (Lipinski definition) is 3. The summed E-state index contributed by atoms with van der Waals surface area (Å²) in [6.45, 7) is 2.55. The van der Waals surface area contributed by atoms with Crippen LogP contribution in [0.3, 0.4) is 0 Å². The highest BCUT2D eigenvalue weighted by atomic mass is 19.1. The summed E-state index contributed by atoms with van der Waals surface area (Å²) in [6.07, 6.45) is 0. The van der Waals surface area contributed by atoms with Crippen LogP contribution in [0.1, 0.15) is 6.92 Å². The Morgan fingerprint density at radius 2 is 1.84 bits per heavy atom. The Hall–Kier alpha value is -2.23. The van der Waals surface area contributed by atoms with E-state index in [0.717, 1.165) is 11.4 Å². The van der Waals surface area contributed by atoms with Crippen molar-refractivity contribution < 1.29 is 9.13 Å². The molecule has 0 bridgehead atoms. The van der Waals surface area contributed by atoms with E-state index < -0.39 is 0 Å². The number of nitrogens with zero attached hydrogens (tertiary/aromatic N) is 1. The van der Waals surface area contributed by atoms with Crippen LogP contribution in [0.25, 0.3) is 0 Å². The van der Waals surface area contributed by atoms with Gasteiger partial charge in [-0.25, -0.2) is 4.39 Å². The van der Waals surface area contributed by atoms with Gasteiger partial charge in [0.25, 0.3) is 0 Å². The second-order valence-corrected chi connectivity index (χ2v) is 4.16. The van der Waals surface area contributed by atoms with Gasteiger partial charge in [-0.3, -0.25) is 0 Å². The number of hydrogen-bond donors (Lipinski definition) is 1. The number of nitrogens with two attached hydrogens (primary N) is 1. The zero-order valence-corrected chi connectivity index (χ0v) is 11.1. The van der Waals surface area contributed by atoms with Gasteiger partial charge in [0, 0.05) is 12.7 Å². The van der Waals surface area contributed by atoms with E-state index in [-0.39, 0.29) is 5.82 Å². The number of rotatable bonds is 4. The van der Waals surface area contributed by atoms with Crippen molar-refractivity contribution in [3.8, 4) is 5.75 Å². The van der Waals surface area contributed by atoms with Crippen molar-refractivity contribution in [2.24, 2.45) is 0 Å². The van der Waals surface area contributed by atoms with Gasteiger partial charge >= 0.3 is 0 Å². The number of nitrogen functional groups attached to an aromatic ring is 1. The molecular formula is C15H17FN2O. The molecule has 0 aliphatic heterocycles. The minimum Gasteiger partial charge on any atom is -0.494 e. The molecule has 2 N–H and O–H groups in total. The third-order valence-corrected chi connectivity index (χ3v) is 2.89. The standard InChI is InChI=1S/C15H17FN2O/c1-3-19-12-9-7-11(8-10-12)18(2)15-13(16)5-4-6-14(15)17/h4-10H,3,17H2,1-2H3. The third-order valence-electron chi connectivity index (χ3n) is 2.89. The Labute approximate surface area is 112 Å². The molecule has 0 heterocycles. The molecular weight excluding hydrogens is 243 g/mol. The van der Waals surface area contributed by atoms with Gasteiger partial charge in [0.05, 0.1) is 12.3 Å². The van der Waals surface area contributed by atoms with Crippen molar-refractivity contribution in [3.05, 3.63) is 48.3 Å². The molecule has 0 aliphatic carbocycles. The highest BCUT2D eigenvalue weighted by Gasteiger charge is 2.12. The molecule has 0 unspecified atom stereocenters. The number of para-hydroxylation sites is 1. The molecule has 2 aromatic rings. The molecule has 0 amide bonds. The van der Waals surface area contributed by atoms with Gasteiger partial charge in [-0.2, -0.15) is 0 Å². The molecule has 0 fully saturated rings. The minimum atomic E-state index is -0.337. The predicted molar refractivity (Wildman–Crippen MR) is 76.5 cm³/mol. The molecule has 0 aromatic heterocycles. The molecule has 3 nitrogen and oxygen atoms in total. The Balaban J connectivity index is 2.31. The molecule has 2 aromatic carbocycles. The first-order valence-corrected chi connectivity index (χ1v) is 6.14. The van der Waals surface area contributed by atoms with E-state index in [9.17, 15) is 4.39 Å². The van der Waals surface area contributed by atoms with Crippen molar-refractivity contribution in [2.45, 2.75) is 6.92 Å². The van der Waals surface area contributed by atoms with Crippen LogP contribution < -0.4 is 15.4 Å². The van der Waals surface area contributed by atoms with Crippen molar-refractivity contribution in [1.29, 1.82) is 0 Å². The van der Waals surface area contributed by atoms with Crippen LogP contribution in [0.2, 0.25) is 0 Å². The summed E-state index contributed by atoms with van der Waals surface area (Å²) in [5.41, 5.74) is 7.47. The summed E-state index contributed by atoms with van der Waals surface area (Å²) in [5, 5.41) is 0. The first-order valence-electron chi connectivity index (χ1n) is 6.14. The molecule has 4 heteroatoms. The van der Waals surface area contributed by atoms with Crippen LogP contribution in [-0.2, 0) is 0 Å². The third kappa shape index (κ3) is 2.78. The predicted octanol–water partition coefficient (Wildman–Crippen LogP) is 3.57. The second kappa shape index (κ2) is 5.61. The van der Waals surface area contributed by atoms with E-state index in [4.69, 9.17) is 10.5 Å². The summed E-state index contributed by atoms with van der Waals surface area (Å²) < 4.78 is 19.2. The minimum absolute atomic E-state index is 0.337. The van der Waals surface area contributed by atoms with Gasteiger partial charge in [-0.15, -0.1) is 0 Å². The fourth-order valence-corrected chi connectivity index (χ4v) is 1.95. The van der Waals surface area contributed by atoms with Gasteiger partial charge in [-0.1, -0.05) is 6.07 Å². The van der Waals surface area contributed by atoms with Crippen LogP contribution in [0.5, 0.6) is 5.75 Å². The zero-order valence-electron chi connectivity index (χ0n) is 11.1. The van der Waals surface area contributed by atoms with E-state index in [1.54, 1.807) is 24.1 Å². The normalized spacial score (nSPS) is 10.3. The largest absolute Gasteiger partial charge is 0.494 e. The van der Waals surface area contributed by atoms with Crippen LogP contribution in [-0.4, -0.2) is 13.7 Å². The van der Waals surface area contributed by atoms with Gasteiger partial charge in [0.1, 0.15) is 17.3 Å². The molecule has 100 valence electrons. The topological polar surface area (TPSA) is 38.5 Å². The molecule has 2 rings (SSSR count). The first-order chi connectivity index (χ1) is 9.13. The van der Waals surface area contributed by atoms with E-state index in [1.807, 2.05) is 31.2 Å². The molecule has 19 heavy (non-hydrogen) atoms. The number of benzene rings is 2. The smallest absolute Gasteiger partial charge is 0.148 e. The second-order valence-electron chi connectivity index (χ2n) is 4.16. The molecule has 0 aliphatic rings. The number of halogens is 1. The van der Waals surface area contributed by atoms with Crippen LogP contribution in [0.4, 0.5) is 21.5 Å². The van der Waals surface area contributed by atoms with Gasteiger partial charge < -0.3 is 15.4 Å². The SMILES string of the molecule is CCOc1ccc(N(C)c2c(N)cccc2F)cc1. The summed E-state index contributed by atoms with van der Waals surface area (Å²) >= 11 is 0. The van der Waals surface area contributed by atoms with E-state index >= 15 is 0 Å². The Bertz CT molecular complexity index is 534. The summed E-state index contributed by atoms with van der Waals surface area (Å²) in [7, 11) is 1.78. The van der Waals surface area contributed by atoms with Crippen molar-refractivity contribution in [3.63, 3.8) is 0 Å². The van der Waals surface area contributed by atoms with Gasteiger partial charge in [0.2, 0.25) is 0 Å². The van der Waals surface area contributed by atoms with Crippen LogP contribution >= 0.6 is 0 Å². The van der Waals surface area contributed by atoms with Crippen LogP contribution in [0.15, 0.2) is 42.5 Å². The molecule has 0 saturated carbocycles. The Morgan fingerprint density at radius 1 is 1.16 bits per heavy atom. The lowest BCUT2D eigenvalue weighted by Gasteiger charge is -2.22. The summed E-state index contributed by atoms with van der Waals surface area (Å²) in [5.74, 6) is 0.456. The van der Waals surface area contributed by atoms with Gasteiger partial charge in [0.15, 0.2) is 0 Å². The summed E-state index contributed by atoms with van der Waals surface area (Å²) in [6, 6.07) is 12.1. The monoisotopic (exact) mass is 260 g/mol. The van der Waals surface area contributed by atoms with E-state index in [2.05, 4.69) is 0 Å². The highest BCUT2D eigenvalue weighted by molar-refractivity contribution is 5.75. The molecule has 0 saturated heterocycles. The maximum absolute atomic E-state index is 13.8. The highest BCUT2D eigenvalue weighted by Crippen LogP contribution is 2.32. The maximum Gasteiger partial charge on any atom is 0.148 e. The Morgan fingerprint density at radius 3 is 2.42 bits per heavy atom. The quantitative estimate of drug-likeness (QED) is 0.854. The van der Waals surface area contributed by atoms with Crippen molar-refractivity contribution >= 4 is 17.1 Å². The Kier molecular flexibility index (Phi) is 3.90. The lowest BCUT2D eigenvalue weighted by Crippen LogP contribution is -2.13. The number of anilines is 3. The summed E-state index contributed by atoms with van der Waals surface area (Å²) in [4.78, 5) is 1.72. The first kappa shape index (κ1) is 13.2. The lowest BCUT2D eigenvalue weighted by atomic mass is 10.2. The van der Waals surface area contributed by atoms with E-state index in [0.29, 0.717) is 18.0 Å². The fraction of sp³-hybridized carbons (Fsp3) is 0.200.